The van der Waals surface area contributed by atoms with Crippen LogP contribution in [-0.4, -0.2) is 21.9 Å². The zero-order valence-electron chi connectivity index (χ0n) is 15.1. The normalized spacial score (nSPS) is 16.4. The van der Waals surface area contributed by atoms with E-state index in [1.54, 1.807) is 6.21 Å². The summed E-state index contributed by atoms with van der Waals surface area (Å²) < 4.78 is 1.88. The van der Waals surface area contributed by atoms with Crippen LogP contribution in [0, 0.1) is 0 Å². The Bertz CT molecular complexity index is 807. The first kappa shape index (κ1) is 17.3. The summed E-state index contributed by atoms with van der Waals surface area (Å²) in [6.45, 7) is 8.23. The van der Waals surface area contributed by atoms with Crippen molar-refractivity contribution in [2.45, 2.75) is 51.5 Å². The maximum Gasteiger partial charge on any atom is 0.118 e. The number of nitrogens with one attached hydrogen (secondary N) is 1. The zero-order valence-corrected chi connectivity index (χ0v) is 15.1. The van der Waals surface area contributed by atoms with E-state index in [2.05, 4.69) is 35.8 Å². The lowest BCUT2D eigenvalue weighted by Crippen LogP contribution is -2.23. The van der Waals surface area contributed by atoms with Crippen LogP contribution in [0.2, 0.25) is 0 Å². The maximum absolute atomic E-state index is 6.36. The second-order valence-corrected chi connectivity index (χ2v) is 6.92. The van der Waals surface area contributed by atoms with Crippen molar-refractivity contribution < 1.29 is 0 Å². The van der Waals surface area contributed by atoms with E-state index in [4.69, 9.17) is 5.73 Å². The Balaban J connectivity index is 1.79. The quantitative estimate of drug-likeness (QED) is 0.787. The molecule has 1 saturated carbocycles. The van der Waals surface area contributed by atoms with Crippen LogP contribution in [0.4, 0.5) is 0 Å². The van der Waals surface area contributed by atoms with Gasteiger partial charge in [0, 0.05) is 29.7 Å². The average Bonchev–Trinajstić information content (AvgIpc) is 3.21. The van der Waals surface area contributed by atoms with Gasteiger partial charge in [0.2, 0.25) is 0 Å². The van der Waals surface area contributed by atoms with E-state index in [1.807, 2.05) is 35.0 Å². The number of rotatable bonds is 6. The Kier molecular flexibility index (Phi) is 5.22. The molecule has 0 saturated heterocycles. The minimum atomic E-state index is 0.290. The second kappa shape index (κ2) is 7.55. The fraction of sp³-hybridized carbons (Fsp3) is 0.400. The first-order chi connectivity index (χ1) is 12.1. The van der Waals surface area contributed by atoms with Gasteiger partial charge in [0.25, 0.3) is 0 Å². The molecular formula is C20H27N5. The van der Waals surface area contributed by atoms with Crippen LogP contribution in [-0.2, 0) is 0 Å². The van der Waals surface area contributed by atoms with E-state index in [0.717, 1.165) is 16.8 Å². The minimum absolute atomic E-state index is 0.290. The predicted octanol–water partition coefficient (Wildman–Crippen LogP) is 3.83. The molecule has 1 aliphatic rings. The highest BCUT2D eigenvalue weighted by atomic mass is 15.2. The van der Waals surface area contributed by atoms with Gasteiger partial charge in [0.15, 0.2) is 0 Å². The highest BCUT2D eigenvalue weighted by molar-refractivity contribution is 5.89. The van der Waals surface area contributed by atoms with Crippen LogP contribution in [0.25, 0.3) is 11.2 Å². The fourth-order valence-electron chi connectivity index (χ4n) is 3.35. The number of nitrogens with two attached hydrogens (primary N) is 1. The van der Waals surface area contributed by atoms with E-state index in [9.17, 15) is 0 Å². The summed E-state index contributed by atoms with van der Waals surface area (Å²) in [6.07, 6.45) is 10.5. The van der Waals surface area contributed by atoms with Crippen LogP contribution in [0.5, 0.6) is 0 Å². The molecule has 3 N–H and O–H groups in total. The summed E-state index contributed by atoms with van der Waals surface area (Å²) in [5, 5.41) is 8.03. The molecule has 2 heterocycles. The minimum Gasteiger partial charge on any atom is -0.398 e. The molecule has 0 atom stereocenters. The van der Waals surface area contributed by atoms with Gasteiger partial charge in [0.1, 0.15) is 5.82 Å². The topological polar surface area (TPSA) is 67.7 Å². The molecule has 0 amide bonds. The number of pyridine rings is 1. The summed E-state index contributed by atoms with van der Waals surface area (Å²) in [6, 6.07) is 6.51. The van der Waals surface area contributed by atoms with E-state index in [1.165, 1.54) is 25.7 Å². The molecule has 1 aliphatic carbocycles. The molecule has 2 aromatic rings. The maximum atomic E-state index is 6.36. The van der Waals surface area contributed by atoms with Gasteiger partial charge in [-0.15, -0.1) is 0 Å². The molecular weight excluding hydrogens is 310 g/mol. The summed E-state index contributed by atoms with van der Waals surface area (Å²) in [4.78, 5) is 4.38. The molecule has 2 aromatic heterocycles. The molecule has 0 spiro atoms. The van der Waals surface area contributed by atoms with Gasteiger partial charge in [-0.2, -0.15) is 5.10 Å². The SMILES string of the molecule is C=C(/N=C\C=C(/N)c1c(C(C)C)nn2ccccc12)NC1CCCC1. The van der Waals surface area contributed by atoms with Crippen LogP contribution in [0.3, 0.4) is 0 Å². The second-order valence-electron chi connectivity index (χ2n) is 6.92. The first-order valence-electron chi connectivity index (χ1n) is 8.99. The Hall–Kier alpha value is -2.56. The van der Waals surface area contributed by atoms with Crippen LogP contribution >= 0.6 is 0 Å². The number of aliphatic imine (C=N–C) groups is 1. The first-order valence-corrected chi connectivity index (χ1v) is 8.99. The molecule has 0 radical (unpaired) electrons. The number of allylic oxidation sites excluding steroid dienone is 1. The lowest BCUT2D eigenvalue weighted by Gasteiger charge is -2.11. The zero-order chi connectivity index (χ0) is 17.8. The van der Waals surface area contributed by atoms with E-state index < -0.39 is 0 Å². The van der Waals surface area contributed by atoms with Crippen molar-refractivity contribution >= 4 is 17.4 Å². The highest BCUT2D eigenvalue weighted by Gasteiger charge is 2.17. The third-order valence-corrected chi connectivity index (χ3v) is 4.61. The summed E-state index contributed by atoms with van der Waals surface area (Å²) >= 11 is 0. The van der Waals surface area contributed by atoms with Crippen molar-refractivity contribution in [2.75, 3.05) is 0 Å². The molecule has 132 valence electrons. The van der Waals surface area contributed by atoms with E-state index >= 15 is 0 Å². The Labute approximate surface area is 149 Å². The lowest BCUT2D eigenvalue weighted by molar-refractivity contribution is 0.583. The van der Waals surface area contributed by atoms with E-state index in [-0.39, 0.29) is 5.92 Å². The Morgan fingerprint density at radius 1 is 1.40 bits per heavy atom. The van der Waals surface area contributed by atoms with Crippen LogP contribution in [0.1, 0.15) is 56.7 Å². The number of fused-ring (bicyclic) bond motifs is 1. The van der Waals surface area contributed by atoms with Crippen LogP contribution < -0.4 is 11.1 Å². The van der Waals surface area contributed by atoms with Crippen molar-refractivity contribution in [3.8, 4) is 0 Å². The van der Waals surface area contributed by atoms with E-state index in [0.29, 0.717) is 17.6 Å². The van der Waals surface area contributed by atoms with Gasteiger partial charge in [-0.3, -0.25) is 0 Å². The average molecular weight is 337 g/mol. The van der Waals surface area contributed by atoms with Gasteiger partial charge >= 0.3 is 0 Å². The molecule has 0 aromatic carbocycles. The number of hydrogen-bond donors (Lipinski definition) is 2. The van der Waals surface area contributed by atoms with Gasteiger partial charge in [0.05, 0.1) is 11.2 Å². The van der Waals surface area contributed by atoms with Crippen molar-refractivity contribution in [3.05, 3.63) is 54.1 Å². The molecule has 0 aliphatic heterocycles. The van der Waals surface area contributed by atoms with Gasteiger partial charge in [-0.1, -0.05) is 39.3 Å². The molecule has 0 unspecified atom stereocenters. The largest absolute Gasteiger partial charge is 0.398 e. The summed E-state index contributed by atoms with van der Waals surface area (Å²) in [7, 11) is 0. The summed E-state index contributed by atoms with van der Waals surface area (Å²) in [5.74, 6) is 0.984. The number of aromatic nitrogens is 2. The molecule has 25 heavy (non-hydrogen) atoms. The molecule has 3 rings (SSSR count). The predicted molar refractivity (Wildman–Crippen MR) is 104 cm³/mol. The van der Waals surface area contributed by atoms with Crippen molar-refractivity contribution in [1.82, 2.24) is 14.9 Å². The third-order valence-electron chi connectivity index (χ3n) is 4.61. The summed E-state index contributed by atoms with van der Waals surface area (Å²) in [5.41, 5.74) is 10.0. The smallest absolute Gasteiger partial charge is 0.118 e. The highest BCUT2D eigenvalue weighted by Crippen LogP contribution is 2.26. The van der Waals surface area contributed by atoms with Gasteiger partial charge in [-0.25, -0.2) is 9.51 Å². The molecule has 1 fully saturated rings. The Morgan fingerprint density at radius 3 is 2.88 bits per heavy atom. The monoisotopic (exact) mass is 337 g/mol. The number of hydrogen-bond acceptors (Lipinski definition) is 4. The Morgan fingerprint density at radius 2 is 2.16 bits per heavy atom. The fourth-order valence-corrected chi connectivity index (χ4v) is 3.35. The molecule has 0 bridgehead atoms. The third kappa shape index (κ3) is 3.92. The lowest BCUT2D eigenvalue weighted by atomic mass is 10.0. The molecule has 5 heteroatoms. The number of nitrogens with zero attached hydrogens (tertiary/aromatic N) is 3. The van der Waals surface area contributed by atoms with Gasteiger partial charge in [-0.05, 0) is 37.0 Å². The van der Waals surface area contributed by atoms with Crippen molar-refractivity contribution in [2.24, 2.45) is 10.7 Å². The van der Waals surface area contributed by atoms with Crippen molar-refractivity contribution in [1.29, 1.82) is 0 Å². The molecule has 5 nitrogen and oxygen atoms in total. The van der Waals surface area contributed by atoms with Crippen LogP contribution in [0.15, 0.2) is 47.9 Å². The standard InChI is InChI=1S/C20H27N5/c1-14(2)20-19(18-10-6-7-13-25(18)24-20)17(21)11-12-22-15(3)23-16-8-4-5-9-16/h6-7,10-14,16,23H,3-5,8-9,21H2,1-2H3/b17-11-,22-12-. The van der Waals surface area contributed by atoms with Crippen molar-refractivity contribution in [3.63, 3.8) is 0 Å². The van der Waals surface area contributed by atoms with Gasteiger partial charge < -0.3 is 11.1 Å².